The number of aliphatic hydroxyl groups is 1. The summed E-state index contributed by atoms with van der Waals surface area (Å²) in [6, 6.07) is 0. The summed E-state index contributed by atoms with van der Waals surface area (Å²) in [5.74, 6) is 0.547. The predicted molar refractivity (Wildman–Crippen MR) is 44.7 cm³/mol. The molecule has 3 N–H and O–H groups in total. The standard InChI is InChI=1S/C5H11O3PS/c1-5(4-6)2-3-10-9(7)8/h2,6-8H,3-4H2,1H3/b5-2+. The summed E-state index contributed by atoms with van der Waals surface area (Å²) in [6.07, 6.45) is 1.77. The van der Waals surface area contributed by atoms with E-state index >= 15 is 0 Å². The lowest BCUT2D eigenvalue weighted by molar-refractivity contribution is 0.331. The van der Waals surface area contributed by atoms with Gasteiger partial charge in [0.1, 0.15) is 0 Å². The van der Waals surface area contributed by atoms with Gasteiger partial charge in [-0.05, 0) is 6.92 Å². The first-order chi connectivity index (χ1) is 4.66. The molecule has 0 atom stereocenters. The molecule has 0 aliphatic carbocycles. The maximum absolute atomic E-state index is 8.50. The van der Waals surface area contributed by atoms with Crippen LogP contribution in [0.4, 0.5) is 0 Å². The highest BCUT2D eigenvalue weighted by Gasteiger charge is 1.95. The zero-order valence-corrected chi connectivity index (χ0v) is 7.40. The fraction of sp³-hybridized carbons (Fsp3) is 0.600. The minimum absolute atomic E-state index is 0.0370. The summed E-state index contributed by atoms with van der Waals surface area (Å²) in [5.41, 5.74) is 0.851. The first-order valence-electron chi connectivity index (χ1n) is 2.74. The fourth-order valence-electron chi connectivity index (χ4n) is 0.311. The fourth-order valence-corrected chi connectivity index (χ4v) is 1.43. The van der Waals surface area contributed by atoms with Crippen molar-refractivity contribution >= 4 is 19.0 Å². The van der Waals surface area contributed by atoms with Crippen molar-refractivity contribution in [1.82, 2.24) is 0 Å². The molecule has 60 valence electrons. The lowest BCUT2D eigenvalue weighted by Crippen LogP contribution is -1.84. The lowest BCUT2D eigenvalue weighted by atomic mass is 10.3. The number of hydrogen-bond donors (Lipinski definition) is 3. The molecule has 0 unspecified atom stereocenters. The zero-order valence-electron chi connectivity index (χ0n) is 5.69. The Labute approximate surface area is 65.4 Å². The average molecular weight is 182 g/mol. The van der Waals surface area contributed by atoms with Crippen LogP contribution in [0.2, 0.25) is 0 Å². The van der Waals surface area contributed by atoms with Gasteiger partial charge in [-0.3, -0.25) is 0 Å². The van der Waals surface area contributed by atoms with E-state index in [-0.39, 0.29) is 6.61 Å². The van der Waals surface area contributed by atoms with Crippen LogP contribution in [0.1, 0.15) is 6.92 Å². The predicted octanol–water partition coefficient (Wildman–Crippen LogP) is 0.870. The topological polar surface area (TPSA) is 60.7 Å². The molecular weight excluding hydrogens is 171 g/mol. The molecular formula is C5H11O3PS. The molecule has 5 heteroatoms. The van der Waals surface area contributed by atoms with Gasteiger partial charge in [-0.1, -0.05) is 23.0 Å². The Hall–Kier alpha value is 0.400. The van der Waals surface area contributed by atoms with E-state index in [9.17, 15) is 0 Å². The van der Waals surface area contributed by atoms with Gasteiger partial charge in [-0.15, -0.1) is 0 Å². The number of hydrogen-bond acceptors (Lipinski definition) is 4. The Morgan fingerprint density at radius 2 is 2.20 bits per heavy atom. The zero-order chi connectivity index (χ0) is 7.98. The maximum atomic E-state index is 8.50. The molecule has 0 bridgehead atoms. The van der Waals surface area contributed by atoms with Crippen LogP contribution in [0.5, 0.6) is 0 Å². The van der Waals surface area contributed by atoms with Gasteiger partial charge in [-0.2, -0.15) is 0 Å². The monoisotopic (exact) mass is 182 g/mol. The van der Waals surface area contributed by atoms with Crippen molar-refractivity contribution in [3.63, 3.8) is 0 Å². The van der Waals surface area contributed by atoms with Crippen molar-refractivity contribution in [3.05, 3.63) is 11.6 Å². The molecule has 0 aromatic heterocycles. The Kier molecular flexibility index (Phi) is 6.38. The van der Waals surface area contributed by atoms with E-state index < -0.39 is 7.58 Å². The summed E-state index contributed by atoms with van der Waals surface area (Å²) in [4.78, 5) is 16.9. The Balaban J connectivity index is 3.34. The third-order valence-electron chi connectivity index (χ3n) is 0.871. The van der Waals surface area contributed by atoms with E-state index in [1.807, 2.05) is 0 Å². The van der Waals surface area contributed by atoms with Crippen LogP contribution in [0.25, 0.3) is 0 Å². The van der Waals surface area contributed by atoms with Crippen molar-refractivity contribution in [2.75, 3.05) is 12.4 Å². The van der Waals surface area contributed by atoms with E-state index in [2.05, 4.69) is 0 Å². The van der Waals surface area contributed by atoms with Crippen LogP contribution >= 0.6 is 19.0 Å². The van der Waals surface area contributed by atoms with E-state index in [1.165, 1.54) is 0 Å². The molecule has 0 aromatic carbocycles. The van der Waals surface area contributed by atoms with Gasteiger partial charge in [0, 0.05) is 5.75 Å². The van der Waals surface area contributed by atoms with Gasteiger partial charge in [0.05, 0.1) is 6.61 Å². The molecule has 0 rings (SSSR count). The second-order valence-corrected chi connectivity index (χ2v) is 4.61. The minimum Gasteiger partial charge on any atom is -0.392 e. The van der Waals surface area contributed by atoms with Crippen LogP contribution in [0.15, 0.2) is 11.6 Å². The average Bonchev–Trinajstić information content (AvgIpc) is 1.87. The quantitative estimate of drug-likeness (QED) is 0.446. The number of aliphatic hydroxyl groups excluding tert-OH is 1. The van der Waals surface area contributed by atoms with Crippen LogP contribution < -0.4 is 0 Å². The first-order valence-corrected chi connectivity index (χ1v) is 5.58. The molecule has 0 spiro atoms. The van der Waals surface area contributed by atoms with Crippen molar-refractivity contribution in [1.29, 1.82) is 0 Å². The highest BCUT2D eigenvalue weighted by Crippen LogP contribution is 2.40. The second-order valence-electron chi connectivity index (χ2n) is 1.76. The van der Waals surface area contributed by atoms with Gasteiger partial charge in [0.15, 0.2) is 0 Å². The normalized spacial score (nSPS) is 12.7. The summed E-state index contributed by atoms with van der Waals surface area (Å²) < 4.78 is 0. The largest absolute Gasteiger partial charge is 0.392 e. The van der Waals surface area contributed by atoms with Gasteiger partial charge < -0.3 is 14.9 Å². The van der Waals surface area contributed by atoms with Gasteiger partial charge in [-0.25, -0.2) is 0 Å². The van der Waals surface area contributed by atoms with Crippen molar-refractivity contribution < 1.29 is 14.9 Å². The number of rotatable bonds is 4. The van der Waals surface area contributed by atoms with E-state index in [4.69, 9.17) is 14.9 Å². The third-order valence-corrected chi connectivity index (χ3v) is 2.56. The van der Waals surface area contributed by atoms with Crippen molar-refractivity contribution in [3.8, 4) is 0 Å². The highest BCUT2D eigenvalue weighted by molar-refractivity contribution is 8.52. The molecule has 10 heavy (non-hydrogen) atoms. The molecule has 3 nitrogen and oxygen atoms in total. The smallest absolute Gasteiger partial charge is 0.232 e. The first kappa shape index (κ1) is 10.4. The maximum Gasteiger partial charge on any atom is 0.232 e. The molecule has 0 fully saturated rings. The summed E-state index contributed by atoms with van der Waals surface area (Å²) in [7, 11) is -1.85. The van der Waals surface area contributed by atoms with Crippen LogP contribution in [0, 0.1) is 0 Å². The summed E-state index contributed by atoms with van der Waals surface area (Å²) >= 11 is 1.06. The second kappa shape index (κ2) is 6.13. The summed E-state index contributed by atoms with van der Waals surface area (Å²) in [6.45, 7) is 1.83. The van der Waals surface area contributed by atoms with E-state index in [0.717, 1.165) is 17.0 Å². The third kappa shape index (κ3) is 6.52. The molecule has 0 heterocycles. The van der Waals surface area contributed by atoms with Crippen LogP contribution in [0.3, 0.4) is 0 Å². The Morgan fingerprint density at radius 1 is 1.60 bits per heavy atom. The van der Waals surface area contributed by atoms with Crippen molar-refractivity contribution in [2.45, 2.75) is 6.92 Å². The van der Waals surface area contributed by atoms with Gasteiger partial charge in [0.25, 0.3) is 0 Å². The van der Waals surface area contributed by atoms with Crippen LogP contribution in [-0.4, -0.2) is 27.3 Å². The van der Waals surface area contributed by atoms with Gasteiger partial charge >= 0.3 is 0 Å². The molecule has 0 aliphatic rings. The van der Waals surface area contributed by atoms with E-state index in [0.29, 0.717) is 5.75 Å². The van der Waals surface area contributed by atoms with Gasteiger partial charge in [0.2, 0.25) is 7.58 Å². The molecule has 0 saturated carbocycles. The van der Waals surface area contributed by atoms with Crippen LogP contribution in [-0.2, 0) is 0 Å². The highest BCUT2D eigenvalue weighted by atomic mass is 32.7. The molecule has 0 amide bonds. The van der Waals surface area contributed by atoms with Crippen molar-refractivity contribution in [2.24, 2.45) is 0 Å². The Morgan fingerprint density at radius 3 is 2.60 bits per heavy atom. The molecule has 0 aliphatic heterocycles. The minimum atomic E-state index is -1.85. The summed E-state index contributed by atoms with van der Waals surface area (Å²) in [5, 5.41) is 8.50. The molecule has 0 radical (unpaired) electrons. The SMILES string of the molecule is C/C(=C\CSP(O)O)CO. The molecule has 0 aromatic rings. The Bertz CT molecular complexity index is 115. The lowest BCUT2D eigenvalue weighted by Gasteiger charge is -1.97. The molecule has 0 saturated heterocycles. The van der Waals surface area contributed by atoms with E-state index in [1.54, 1.807) is 13.0 Å².